The van der Waals surface area contributed by atoms with Crippen molar-refractivity contribution in [3.63, 3.8) is 0 Å². The van der Waals surface area contributed by atoms with Crippen molar-refractivity contribution in [3.05, 3.63) is 65.4 Å². The lowest BCUT2D eigenvalue weighted by Crippen LogP contribution is -2.16. The summed E-state index contributed by atoms with van der Waals surface area (Å²) >= 11 is 0. The second-order valence-corrected chi connectivity index (χ2v) is 5.77. The van der Waals surface area contributed by atoms with Gasteiger partial charge < -0.3 is 9.73 Å². The first-order valence-corrected chi connectivity index (χ1v) is 7.97. The third-order valence-corrected chi connectivity index (χ3v) is 4.06. The number of fused-ring (bicyclic) bond motifs is 1. The lowest BCUT2D eigenvalue weighted by Gasteiger charge is -2.08. The van der Waals surface area contributed by atoms with E-state index in [0.717, 1.165) is 23.0 Å². The lowest BCUT2D eigenvalue weighted by atomic mass is 10.1. The number of Topliss-reactive ketones (excluding diaryl/α,β-unsaturated/α-hetero) is 1. The smallest absolute Gasteiger partial charge is 0.228 e. The summed E-state index contributed by atoms with van der Waals surface area (Å²) in [6.07, 6.45) is 2.76. The molecule has 0 unspecified atom stereocenters. The van der Waals surface area contributed by atoms with Gasteiger partial charge in [0.1, 0.15) is 5.58 Å². The average molecular weight is 321 g/mol. The highest BCUT2D eigenvalue weighted by Gasteiger charge is 2.13. The van der Waals surface area contributed by atoms with Crippen molar-refractivity contribution in [2.24, 2.45) is 0 Å². The van der Waals surface area contributed by atoms with Crippen LogP contribution < -0.4 is 5.32 Å². The molecule has 1 N–H and O–H groups in total. The van der Waals surface area contributed by atoms with Crippen molar-refractivity contribution in [2.45, 2.75) is 26.7 Å². The number of hydrogen-bond donors (Lipinski definition) is 1. The van der Waals surface area contributed by atoms with Crippen LogP contribution in [0.1, 0.15) is 35.3 Å². The number of furan rings is 1. The lowest BCUT2D eigenvalue weighted by molar-refractivity contribution is -0.115. The van der Waals surface area contributed by atoms with Gasteiger partial charge in [0.25, 0.3) is 0 Å². The number of anilines is 1. The highest BCUT2D eigenvalue weighted by Crippen LogP contribution is 2.24. The normalized spacial score (nSPS) is 10.8. The molecule has 0 saturated carbocycles. The standard InChI is InChI=1S/C20H19NO3/c1-3-14-8-9-17-15(12-24-19(17)10-14)11-20(23)21-18-7-5-4-6-16(18)13(2)22/h4-10,12H,3,11H2,1-2H3,(H,21,23). The Bertz CT molecular complexity index is 908. The van der Waals surface area contributed by atoms with E-state index in [4.69, 9.17) is 4.42 Å². The molecule has 0 aliphatic heterocycles. The molecule has 0 spiro atoms. The minimum atomic E-state index is -0.175. The highest BCUT2D eigenvalue weighted by atomic mass is 16.3. The van der Waals surface area contributed by atoms with Crippen LogP contribution in [-0.4, -0.2) is 11.7 Å². The van der Waals surface area contributed by atoms with Crippen molar-refractivity contribution in [1.82, 2.24) is 0 Å². The fourth-order valence-electron chi connectivity index (χ4n) is 2.75. The number of nitrogens with one attached hydrogen (secondary N) is 1. The summed E-state index contributed by atoms with van der Waals surface area (Å²) in [4.78, 5) is 24.0. The number of carbonyl (C=O) groups is 2. The van der Waals surface area contributed by atoms with Gasteiger partial charge >= 0.3 is 0 Å². The SMILES string of the molecule is CCc1ccc2c(CC(=O)Nc3ccccc3C(C)=O)coc2c1. The molecule has 0 aliphatic carbocycles. The predicted molar refractivity (Wildman–Crippen MR) is 94.4 cm³/mol. The Kier molecular flexibility index (Phi) is 4.47. The van der Waals surface area contributed by atoms with Crippen LogP contribution in [0.5, 0.6) is 0 Å². The molecule has 24 heavy (non-hydrogen) atoms. The number of rotatable bonds is 5. The zero-order chi connectivity index (χ0) is 17.1. The molecule has 4 heteroatoms. The van der Waals surface area contributed by atoms with E-state index in [-0.39, 0.29) is 18.1 Å². The van der Waals surface area contributed by atoms with Crippen molar-refractivity contribution in [1.29, 1.82) is 0 Å². The fourth-order valence-corrected chi connectivity index (χ4v) is 2.75. The Labute approximate surface area is 140 Å². The molecule has 3 rings (SSSR count). The van der Waals surface area contributed by atoms with E-state index < -0.39 is 0 Å². The monoisotopic (exact) mass is 321 g/mol. The van der Waals surface area contributed by atoms with Gasteiger partial charge in [-0.3, -0.25) is 9.59 Å². The number of hydrogen-bond acceptors (Lipinski definition) is 3. The van der Waals surface area contributed by atoms with E-state index in [1.165, 1.54) is 12.5 Å². The summed E-state index contributed by atoms with van der Waals surface area (Å²) in [6, 6.07) is 13.0. The maximum atomic E-state index is 12.4. The minimum absolute atomic E-state index is 0.0771. The Morgan fingerprint density at radius 2 is 1.92 bits per heavy atom. The zero-order valence-corrected chi connectivity index (χ0v) is 13.8. The Balaban J connectivity index is 1.80. The summed E-state index contributed by atoms with van der Waals surface area (Å²) in [5.41, 5.74) is 3.88. The van der Waals surface area contributed by atoms with Gasteiger partial charge in [0.05, 0.1) is 18.4 Å². The molecule has 122 valence electrons. The first-order valence-electron chi connectivity index (χ1n) is 7.97. The van der Waals surface area contributed by atoms with Gasteiger partial charge in [-0.1, -0.05) is 31.2 Å². The Morgan fingerprint density at radius 1 is 1.12 bits per heavy atom. The second-order valence-electron chi connectivity index (χ2n) is 5.77. The summed E-state index contributed by atoms with van der Waals surface area (Å²) in [5, 5.41) is 3.76. The molecule has 0 aliphatic rings. The predicted octanol–water partition coefficient (Wildman–Crippen LogP) is 4.38. The fraction of sp³-hybridized carbons (Fsp3) is 0.200. The molecule has 3 aromatic rings. The maximum Gasteiger partial charge on any atom is 0.228 e. The van der Waals surface area contributed by atoms with Crippen LogP contribution in [0.4, 0.5) is 5.69 Å². The van der Waals surface area contributed by atoms with Crippen molar-refractivity contribution >= 4 is 28.3 Å². The average Bonchev–Trinajstić information content (AvgIpc) is 2.97. The van der Waals surface area contributed by atoms with Gasteiger partial charge in [0, 0.05) is 16.5 Å². The minimum Gasteiger partial charge on any atom is -0.464 e. The summed E-state index contributed by atoms with van der Waals surface area (Å²) in [7, 11) is 0. The summed E-state index contributed by atoms with van der Waals surface area (Å²) in [5.74, 6) is -0.252. The number of aryl methyl sites for hydroxylation is 1. The molecule has 0 bridgehead atoms. The van der Waals surface area contributed by atoms with Crippen LogP contribution >= 0.6 is 0 Å². The van der Waals surface area contributed by atoms with Crippen LogP contribution in [0, 0.1) is 0 Å². The van der Waals surface area contributed by atoms with Gasteiger partial charge in [-0.25, -0.2) is 0 Å². The third kappa shape index (κ3) is 3.23. The van der Waals surface area contributed by atoms with E-state index >= 15 is 0 Å². The number of para-hydroxylation sites is 1. The van der Waals surface area contributed by atoms with E-state index in [1.54, 1.807) is 30.5 Å². The maximum absolute atomic E-state index is 12.4. The van der Waals surface area contributed by atoms with E-state index in [1.807, 2.05) is 18.2 Å². The van der Waals surface area contributed by atoms with Gasteiger partial charge in [0.15, 0.2) is 5.78 Å². The number of amides is 1. The van der Waals surface area contributed by atoms with Crippen LogP contribution in [0.15, 0.2) is 53.1 Å². The number of carbonyl (C=O) groups excluding carboxylic acids is 2. The van der Waals surface area contributed by atoms with Gasteiger partial charge in [-0.05, 0) is 37.1 Å². The highest BCUT2D eigenvalue weighted by molar-refractivity contribution is 6.04. The van der Waals surface area contributed by atoms with Crippen LogP contribution in [-0.2, 0) is 17.6 Å². The first kappa shape index (κ1) is 16.0. The topological polar surface area (TPSA) is 59.3 Å². The molecule has 1 aromatic heterocycles. The zero-order valence-electron chi connectivity index (χ0n) is 13.8. The molecule has 0 radical (unpaired) electrons. The Hall–Kier alpha value is -2.88. The molecule has 0 atom stereocenters. The van der Waals surface area contributed by atoms with E-state index in [0.29, 0.717) is 11.3 Å². The third-order valence-electron chi connectivity index (χ3n) is 4.06. The van der Waals surface area contributed by atoms with Crippen molar-refractivity contribution < 1.29 is 14.0 Å². The van der Waals surface area contributed by atoms with Crippen LogP contribution in [0.2, 0.25) is 0 Å². The molecule has 1 amide bonds. The van der Waals surface area contributed by atoms with Gasteiger partial charge in [-0.15, -0.1) is 0 Å². The molecule has 4 nitrogen and oxygen atoms in total. The molecule has 0 saturated heterocycles. The van der Waals surface area contributed by atoms with E-state index in [2.05, 4.69) is 12.2 Å². The number of benzene rings is 2. The largest absolute Gasteiger partial charge is 0.464 e. The summed E-state index contributed by atoms with van der Waals surface area (Å²) in [6.45, 7) is 3.57. The number of ketones is 1. The van der Waals surface area contributed by atoms with Crippen molar-refractivity contribution in [2.75, 3.05) is 5.32 Å². The van der Waals surface area contributed by atoms with Gasteiger partial charge in [0.2, 0.25) is 5.91 Å². The first-order chi connectivity index (χ1) is 11.6. The molecule has 0 fully saturated rings. The van der Waals surface area contributed by atoms with Gasteiger partial charge in [-0.2, -0.15) is 0 Å². The van der Waals surface area contributed by atoms with Crippen LogP contribution in [0.25, 0.3) is 11.0 Å². The molecule has 1 heterocycles. The molecular weight excluding hydrogens is 302 g/mol. The quantitative estimate of drug-likeness (QED) is 0.709. The second kappa shape index (κ2) is 6.71. The molecule has 2 aromatic carbocycles. The van der Waals surface area contributed by atoms with E-state index in [9.17, 15) is 9.59 Å². The Morgan fingerprint density at radius 3 is 2.67 bits per heavy atom. The van der Waals surface area contributed by atoms with Crippen molar-refractivity contribution in [3.8, 4) is 0 Å². The molecular formula is C20H19NO3. The summed E-state index contributed by atoms with van der Waals surface area (Å²) < 4.78 is 5.57. The van der Waals surface area contributed by atoms with Crippen LogP contribution in [0.3, 0.4) is 0 Å².